The van der Waals surface area contributed by atoms with Crippen molar-refractivity contribution in [2.75, 3.05) is 0 Å². The Morgan fingerprint density at radius 2 is 1.91 bits per heavy atom. The van der Waals surface area contributed by atoms with Crippen LogP contribution in [0.5, 0.6) is 0 Å². The van der Waals surface area contributed by atoms with Gasteiger partial charge >= 0.3 is 0 Å². The molecule has 0 saturated heterocycles. The van der Waals surface area contributed by atoms with E-state index in [1.807, 2.05) is 6.07 Å². The Bertz CT molecular complexity index is 260. The van der Waals surface area contributed by atoms with Crippen LogP contribution in [-0.4, -0.2) is 10.2 Å². The lowest BCUT2D eigenvalue weighted by atomic mass is 10.2. The van der Waals surface area contributed by atoms with Gasteiger partial charge in [0.2, 0.25) is 0 Å². The summed E-state index contributed by atoms with van der Waals surface area (Å²) in [6.45, 7) is 0. The second-order valence-corrected chi connectivity index (χ2v) is 8.13. The summed E-state index contributed by atoms with van der Waals surface area (Å²) in [5.41, 5.74) is 1.33. The molecular formula is C7H7Br3Si. The fraction of sp³-hybridized carbons (Fsp3) is 0.143. The number of hydrogen-bond acceptors (Lipinski definition) is 0. The molecule has 1 aromatic rings. The lowest BCUT2D eigenvalue weighted by molar-refractivity contribution is 1.34. The average molecular weight is 359 g/mol. The summed E-state index contributed by atoms with van der Waals surface area (Å²) in [5.74, 6) is 0. The number of benzene rings is 1. The quantitative estimate of drug-likeness (QED) is 0.535. The van der Waals surface area contributed by atoms with Crippen molar-refractivity contribution in [1.82, 2.24) is 0 Å². The monoisotopic (exact) mass is 356 g/mol. The Labute approximate surface area is 94.6 Å². The SMILES string of the molecule is [SiH3]C(Br)c1cccc(Br)c1Br. The van der Waals surface area contributed by atoms with Crippen LogP contribution in [-0.2, 0) is 0 Å². The predicted octanol–water partition coefficient (Wildman–Crippen LogP) is 2.97. The van der Waals surface area contributed by atoms with Crippen LogP contribution in [0.2, 0.25) is 0 Å². The zero-order chi connectivity index (χ0) is 8.43. The largest absolute Gasteiger partial charge is 0.0885 e. The van der Waals surface area contributed by atoms with Gasteiger partial charge in [0.05, 0.1) is 0 Å². The van der Waals surface area contributed by atoms with E-state index in [4.69, 9.17) is 0 Å². The molecule has 0 N–H and O–H groups in total. The average Bonchev–Trinajstić information content (AvgIpc) is 1.94. The van der Waals surface area contributed by atoms with Gasteiger partial charge in [0, 0.05) is 23.6 Å². The molecule has 0 fully saturated rings. The standard InChI is InChI=1S/C7H7Br3Si/c8-5-3-1-2-4(6(5)9)7(10)11/h1-3,7H,11H3. The van der Waals surface area contributed by atoms with Gasteiger partial charge in [-0.3, -0.25) is 0 Å². The Kier molecular flexibility index (Phi) is 3.81. The highest BCUT2D eigenvalue weighted by Crippen LogP contribution is 2.32. The van der Waals surface area contributed by atoms with Crippen LogP contribution < -0.4 is 0 Å². The molecule has 0 nitrogen and oxygen atoms in total. The lowest BCUT2D eigenvalue weighted by Gasteiger charge is -2.07. The van der Waals surface area contributed by atoms with Gasteiger partial charge in [-0.15, -0.1) is 0 Å². The molecule has 0 aromatic heterocycles. The van der Waals surface area contributed by atoms with Crippen LogP contribution in [0, 0.1) is 0 Å². The highest BCUT2D eigenvalue weighted by molar-refractivity contribution is 9.13. The van der Waals surface area contributed by atoms with Gasteiger partial charge in [0.1, 0.15) is 0 Å². The first-order valence-electron chi connectivity index (χ1n) is 3.21. The van der Waals surface area contributed by atoms with Gasteiger partial charge in [-0.2, -0.15) is 0 Å². The Morgan fingerprint density at radius 3 is 2.36 bits per heavy atom. The molecule has 0 radical (unpaired) electrons. The van der Waals surface area contributed by atoms with Crippen LogP contribution in [0.3, 0.4) is 0 Å². The summed E-state index contributed by atoms with van der Waals surface area (Å²) < 4.78 is 2.81. The minimum atomic E-state index is 0.523. The van der Waals surface area contributed by atoms with E-state index in [1.165, 1.54) is 5.56 Å². The van der Waals surface area contributed by atoms with Crippen molar-refractivity contribution in [3.63, 3.8) is 0 Å². The molecule has 0 heterocycles. The van der Waals surface area contributed by atoms with Crippen LogP contribution in [0.25, 0.3) is 0 Å². The van der Waals surface area contributed by atoms with Crippen LogP contribution in [0.4, 0.5) is 0 Å². The predicted molar refractivity (Wildman–Crippen MR) is 63.4 cm³/mol. The first-order valence-corrected chi connectivity index (χ1v) is 6.86. The van der Waals surface area contributed by atoms with E-state index >= 15 is 0 Å². The van der Waals surface area contributed by atoms with Crippen molar-refractivity contribution in [2.24, 2.45) is 0 Å². The van der Waals surface area contributed by atoms with E-state index in [9.17, 15) is 0 Å². The maximum absolute atomic E-state index is 3.58. The summed E-state index contributed by atoms with van der Waals surface area (Å²) in [7, 11) is 1.12. The van der Waals surface area contributed by atoms with Gasteiger partial charge < -0.3 is 0 Å². The highest BCUT2D eigenvalue weighted by Gasteiger charge is 2.06. The maximum Gasteiger partial charge on any atom is 0.0357 e. The van der Waals surface area contributed by atoms with E-state index in [1.54, 1.807) is 0 Å². The van der Waals surface area contributed by atoms with Gasteiger partial charge in [-0.05, 0) is 43.5 Å². The molecule has 0 aliphatic heterocycles. The molecule has 0 aliphatic carbocycles. The third-order valence-corrected chi connectivity index (χ3v) is 4.60. The van der Waals surface area contributed by atoms with Crippen molar-refractivity contribution < 1.29 is 0 Å². The van der Waals surface area contributed by atoms with E-state index in [2.05, 4.69) is 59.9 Å². The lowest BCUT2D eigenvalue weighted by Crippen LogP contribution is -1.89. The van der Waals surface area contributed by atoms with Gasteiger partial charge in [0.25, 0.3) is 0 Å². The molecule has 1 aromatic carbocycles. The third-order valence-electron chi connectivity index (χ3n) is 1.41. The summed E-state index contributed by atoms with van der Waals surface area (Å²) in [5, 5.41) is 0. The molecule has 60 valence electrons. The van der Waals surface area contributed by atoms with Gasteiger partial charge in [-0.25, -0.2) is 0 Å². The van der Waals surface area contributed by atoms with Crippen molar-refractivity contribution >= 4 is 58.0 Å². The van der Waals surface area contributed by atoms with Crippen LogP contribution in [0.15, 0.2) is 27.1 Å². The van der Waals surface area contributed by atoms with Crippen molar-refractivity contribution in [3.8, 4) is 0 Å². The Morgan fingerprint density at radius 1 is 1.27 bits per heavy atom. The molecule has 0 aliphatic rings. The van der Waals surface area contributed by atoms with E-state index < -0.39 is 0 Å². The molecule has 1 unspecified atom stereocenters. The molecule has 1 rings (SSSR count). The van der Waals surface area contributed by atoms with Crippen molar-refractivity contribution in [3.05, 3.63) is 32.7 Å². The zero-order valence-corrected chi connectivity index (χ0v) is 12.7. The normalized spacial score (nSPS) is 13.4. The molecule has 4 heteroatoms. The van der Waals surface area contributed by atoms with E-state index in [0.29, 0.717) is 4.45 Å². The minimum absolute atomic E-state index is 0.523. The second kappa shape index (κ2) is 4.21. The number of halogens is 3. The zero-order valence-electron chi connectivity index (χ0n) is 5.94. The fourth-order valence-corrected chi connectivity index (χ4v) is 3.41. The van der Waals surface area contributed by atoms with E-state index in [0.717, 1.165) is 19.2 Å². The maximum atomic E-state index is 3.58. The van der Waals surface area contributed by atoms with Crippen LogP contribution >= 0.6 is 47.8 Å². The molecular weight excluding hydrogens is 352 g/mol. The molecule has 0 bridgehead atoms. The molecule has 0 amide bonds. The first kappa shape index (κ1) is 9.96. The third kappa shape index (κ3) is 2.41. The number of alkyl halides is 1. The summed E-state index contributed by atoms with van der Waals surface area (Å²) in [6, 6.07) is 6.21. The Balaban J connectivity index is 3.17. The molecule has 11 heavy (non-hydrogen) atoms. The van der Waals surface area contributed by atoms with Crippen LogP contribution in [0.1, 0.15) is 10.0 Å². The van der Waals surface area contributed by atoms with Gasteiger partial charge in [-0.1, -0.05) is 28.1 Å². The number of rotatable bonds is 1. The Hall–Kier alpha value is 0.877. The summed E-state index contributed by atoms with van der Waals surface area (Å²) in [6.07, 6.45) is 0. The van der Waals surface area contributed by atoms with Gasteiger partial charge in [0.15, 0.2) is 0 Å². The number of hydrogen-bond donors (Lipinski definition) is 0. The smallest absolute Gasteiger partial charge is 0.0357 e. The summed E-state index contributed by atoms with van der Waals surface area (Å²) >= 11 is 10.6. The first-order chi connectivity index (χ1) is 5.13. The molecule has 0 spiro atoms. The topological polar surface area (TPSA) is 0 Å². The highest BCUT2D eigenvalue weighted by atomic mass is 79.9. The second-order valence-electron chi connectivity index (χ2n) is 2.26. The molecule has 1 atom stereocenters. The van der Waals surface area contributed by atoms with Crippen molar-refractivity contribution in [2.45, 2.75) is 4.45 Å². The summed E-state index contributed by atoms with van der Waals surface area (Å²) in [4.78, 5) is 0. The minimum Gasteiger partial charge on any atom is -0.0885 e. The fourth-order valence-electron chi connectivity index (χ4n) is 0.828. The van der Waals surface area contributed by atoms with Crippen molar-refractivity contribution in [1.29, 1.82) is 0 Å². The molecule has 0 saturated carbocycles. The van der Waals surface area contributed by atoms with E-state index in [-0.39, 0.29) is 0 Å².